The molecule has 1 N–H and O–H groups in total. The first-order valence-electron chi connectivity index (χ1n) is 9.60. The number of nitrogens with one attached hydrogen (secondary N) is 1. The van der Waals surface area contributed by atoms with Gasteiger partial charge in [-0.15, -0.1) is 0 Å². The van der Waals surface area contributed by atoms with Gasteiger partial charge in [0.1, 0.15) is 11.6 Å². The highest BCUT2D eigenvalue weighted by molar-refractivity contribution is 6.13. The van der Waals surface area contributed by atoms with Gasteiger partial charge in [0, 0.05) is 17.0 Å². The van der Waals surface area contributed by atoms with Gasteiger partial charge >= 0.3 is 0 Å². The highest BCUT2D eigenvalue weighted by Crippen LogP contribution is 2.26. The summed E-state index contributed by atoms with van der Waals surface area (Å²) >= 11 is 0. The molecule has 2 aromatic heterocycles. The number of nitrogens with zero attached hydrogens (tertiary/aromatic N) is 3. The summed E-state index contributed by atoms with van der Waals surface area (Å²) in [6.07, 6.45) is 0. The summed E-state index contributed by atoms with van der Waals surface area (Å²) in [6.45, 7) is 3.54. The molecule has 6 nitrogen and oxygen atoms in total. The molecule has 4 aromatic rings. The van der Waals surface area contributed by atoms with Crippen LogP contribution < -0.4 is 10.1 Å². The number of hydrogen-bond donors (Lipinski definition) is 1. The molecule has 0 unspecified atom stereocenters. The van der Waals surface area contributed by atoms with Crippen LogP contribution in [0.1, 0.15) is 27.3 Å². The Hall–Kier alpha value is -3.81. The molecule has 0 saturated heterocycles. The molecular formula is C23H20F2N4O2. The number of ether oxygens (including phenoxy) is 1. The van der Waals surface area contributed by atoms with Crippen LogP contribution in [0.3, 0.4) is 0 Å². The number of para-hydroxylation sites is 1. The molecule has 0 aliphatic carbocycles. The average Bonchev–Trinajstić information content (AvgIpc) is 3.02. The van der Waals surface area contributed by atoms with E-state index in [-0.39, 0.29) is 18.0 Å². The second-order valence-corrected chi connectivity index (χ2v) is 7.12. The maximum absolute atomic E-state index is 14.1. The van der Waals surface area contributed by atoms with Crippen LogP contribution in [0.25, 0.3) is 10.9 Å². The standard InChI is InChI=1S/C23H20F2N4O2/c1-13-22(14(2)29(28-13)12-15-10-16(24)8-9-19(15)25)27-23(30)18-11-21(31-3)26-20-7-5-4-6-17(18)20/h4-11H,12H2,1-3H3,(H,27,30). The van der Waals surface area contributed by atoms with Gasteiger partial charge in [0.05, 0.1) is 41.8 Å². The molecule has 0 saturated carbocycles. The number of methoxy groups -OCH3 is 1. The third-order valence-electron chi connectivity index (χ3n) is 5.09. The number of pyridine rings is 1. The van der Waals surface area contributed by atoms with Crippen LogP contribution in [0, 0.1) is 25.5 Å². The number of halogens is 2. The van der Waals surface area contributed by atoms with Crippen molar-refractivity contribution in [3.05, 3.63) is 82.7 Å². The Kier molecular flexibility index (Phi) is 5.37. The van der Waals surface area contributed by atoms with Gasteiger partial charge in [-0.3, -0.25) is 9.48 Å². The molecule has 2 aromatic carbocycles. The van der Waals surface area contributed by atoms with E-state index in [2.05, 4.69) is 15.4 Å². The SMILES string of the molecule is COc1cc(C(=O)Nc2c(C)nn(Cc3cc(F)ccc3F)c2C)c2ccccc2n1. The summed E-state index contributed by atoms with van der Waals surface area (Å²) < 4.78 is 34.3. The van der Waals surface area contributed by atoms with Crippen molar-refractivity contribution in [3.8, 4) is 5.88 Å². The summed E-state index contributed by atoms with van der Waals surface area (Å²) in [6, 6.07) is 12.1. The molecule has 0 spiro atoms. The largest absolute Gasteiger partial charge is 0.481 e. The Labute approximate surface area is 177 Å². The van der Waals surface area contributed by atoms with E-state index in [0.717, 1.165) is 18.2 Å². The van der Waals surface area contributed by atoms with Crippen molar-refractivity contribution >= 4 is 22.5 Å². The first kappa shape index (κ1) is 20.5. The van der Waals surface area contributed by atoms with Gasteiger partial charge < -0.3 is 10.1 Å². The van der Waals surface area contributed by atoms with Crippen molar-refractivity contribution in [2.45, 2.75) is 20.4 Å². The maximum Gasteiger partial charge on any atom is 0.256 e. The molecular weight excluding hydrogens is 402 g/mol. The van der Waals surface area contributed by atoms with Crippen LogP contribution >= 0.6 is 0 Å². The number of aromatic nitrogens is 3. The highest BCUT2D eigenvalue weighted by Gasteiger charge is 2.19. The molecule has 1 amide bonds. The van der Waals surface area contributed by atoms with Gasteiger partial charge in [-0.1, -0.05) is 18.2 Å². The lowest BCUT2D eigenvalue weighted by Crippen LogP contribution is -2.14. The fraction of sp³-hybridized carbons (Fsp3) is 0.174. The lowest BCUT2D eigenvalue weighted by molar-refractivity contribution is 0.102. The average molecular weight is 422 g/mol. The molecule has 158 valence electrons. The van der Waals surface area contributed by atoms with E-state index < -0.39 is 11.6 Å². The lowest BCUT2D eigenvalue weighted by atomic mass is 10.1. The molecule has 0 aliphatic heterocycles. The summed E-state index contributed by atoms with van der Waals surface area (Å²) in [5.74, 6) is -1.06. The molecule has 0 radical (unpaired) electrons. The zero-order valence-electron chi connectivity index (χ0n) is 17.2. The van der Waals surface area contributed by atoms with E-state index in [1.165, 1.54) is 11.8 Å². The monoisotopic (exact) mass is 422 g/mol. The van der Waals surface area contributed by atoms with Gasteiger partial charge in [-0.2, -0.15) is 5.10 Å². The molecule has 0 bridgehead atoms. The van der Waals surface area contributed by atoms with E-state index in [4.69, 9.17) is 4.74 Å². The fourth-order valence-electron chi connectivity index (χ4n) is 3.48. The summed E-state index contributed by atoms with van der Waals surface area (Å²) in [5.41, 5.74) is 2.92. The van der Waals surface area contributed by atoms with Crippen molar-refractivity contribution < 1.29 is 18.3 Å². The molecule has 4 rings (SSSR count). The predicted molar refractivity (Wildman–Crippen MR) is 113 cm³/mol. The van der Waals surface area contributed by atoms with Crippen molar-refractivity contribution in [1.29, 1.82) is 0 Å². The van der Waals surface area contributed by atoms with Gasteiger partial charge in [0.2, 0.25) is 5.88 Å². The van der Waals surface area contributed by atoms with Gasteiger partial charge in [-0.05, 0) is 38.1 Å². The molecule has 31 heavy (non-hydrogen) atoms. The van der Waals surface area contributed by atoms with Crippen LogP contribution in [0.2, 0.25) is 0 Å². The fourth-order valence-corrected chi connectivity index (χ4v) is 3.48. The molecule has 0 atom stereocenters. The Morgan fingerprint density at radius 3 is 2.68 bits per heavy atom. The van der Waals surface area contributed by atoms with Crippen molar-refractivity contribution in [1.82, 2.24) is 14.8 Å². The molecule has 0 aliphatic rings. The highest BCUT2D eigenvalue weighted by atomic mass is 19.1. The quantitative estimate of drug-likeness (QED) is 0.509. The first-order chi connectivity index (χ1) is 14.9. The zero-order chi connectivity index (χ0) is 22.1. The number of amides is 1. The summed E-state index contributed by atoms with van der Waals surface area (Å²) in [5, 5.41) is 7.98. The van der Waals surface area contributed by atoms with Crippen molar-refractivity contribution in [2.75, 3.05) is 12.4 Å². The van der Waals surface area contributed by atoms with Crippen molar-refractivity contribution in [3.63, 3.8) is 0 Å². The Balaban J connectivity index is 1.67. The molecule has 8 heteroatoms. The third-order valence-corrected chi connectivity index (χ3v) is 5.09. The lowest BCUT2D eigenvalue weighted by Gasteiger charge is -2.11. The van der Waals surface area contributed by atoms with E-state index >= 15 is 0 Å². The smallest absolute Gasteiger partial charge is 0.256 e. The second kappa shape index (κ2) is 8.14. The molecule has 0 fully saturated rings. The van der Waals surface area contributed by atoms with E-state index in [1.807, 2.05) is 18.2 Å². The number of carbonyl (C=O) groups is 1. The number of benzene rings is 2. The third kappa shape index (κ3) is 3.96. The maximum atomic E-state index is 14.1. The number of fused-ring (bicyclic) bond motifs is 1. The first-order valence-corrected chi connectivity index (χ1v) is 9.60. The van der Waals surface area contributed by atoms with Crippen LogP contribution in [0.15, 0.2) is 48.5 Å². The second-order valence-electron chi connectivity index (χ2n) is 7.12. The minimum atomic E-state index is -0.523. The van der Waals surface area contributed by atoms with Gasteiger partial charge in [0.15, 0.2) is 0 Å². The minimum Gasteiger partial charge on any atom is -0.481 e. The van der Waals surface area contributed by atoms with Gasteiger partial charge in [-0.25, -0.2) is 13.8 Å². The number of carbonyl (C=O) groups excluding carboxylic acids is 1. The van der Waals surface area contributed by atoms with Crippen LogP contribution in [-0.2, 0) is 6.54 Å². The topological polar surface area (TPSA) is 69.0 Å². The Bertz CT molecular complexity index is 1300. The predicted octanol–water partition coefficient (Wildman–Crippen LogP) is 4.64. The number of anilines is 1. The Morgan fingerprint density at radius 2 is 1.90 bits per heavy atom. The van der Waals surface area contributed by atoms with Crippen LogP contribution in [0.5, 0.6) is 5.88 Å². The van der Waals surface area contributed by atoms with Gasteiger partial charge in [0.25, 0.3) is 5.91 Å². The van der Waals surface area contributed by atoms with E-state index in [1.54, 1.807) is 26.0 Å². The number of hydrogen-bond acceptors (Lipinski definition) is 4. The van der Waals surface area contributed by atoms with E-state index in [0.29, 0.717) is 39.4 Å². The van der Waals surface area contributed by atoms with E-state index in [9.17, 15) is 13.6 Å². The van der Waals surface area contributed by atoms with Crippen LogP contribution in [0.4, 0.5) is 14.5 Å². The number of rotatable bonds is 5. The summed E-state index contributed by atoms with van der Waals surface area (Å²) in [4.78, 5) is 17.5. The Morgan fingerprint density at radius 1 is 1.13 bits per heavy atom. The minimum absolute atomic E-state index is 0.0398. The molecule has 2 heterocycles. The summed E-state index contributed by atoms with van der Waals surface area (Å²) in [7, 11) is 1.49. The normalized spacial score (nSPS) is 11.0. The number of aryl methyl sites for hydroxylation is 1. The van der Waals surface area contributed by atoms with Crippen LogP contribution in [-0.4, -0.2) is 27.8 Å². The zero-order valence-corrected chi connectivity index (χ0v) is 17.2. The van der Waals surface area contributed by atoms with Crippen molar-refractivity contribution in [2.24, 2.45) is 0 Å².